The van der Waals surface area contributed by atoms with Gasteiger partial charge in [0.2, 0.25) is 5.91 Å². The van der Waals surface area contributed by atoms with Gasteiger partial charge in [0.05, 0.1) is 12.1 Å². The summed E-state index contributed by atoms with van der Waals surface area (Å²) in [5.74, 6) is -0.0328. The lowest BCUT2D eigenvalue weighted by molar-refractivity contribution is -0.123. The molecule has 0 saturated carbocycles. The zero-order valence-corrected chi connectivity index (χ0v) is 11.4. The quantitative estimate of drug-likeness (QED) is 0.535. The minimum atomic E-state index is -0.908. The highest BCUT2D eigenvalue weighted by Crippen LogP contribution is 2.07. The third kappa shape index (κ3) is 6.30. The Morgan fingerprint density at radius 2 is 2.17 bits per heavy atom. The van der Waals surface area contributed by atoms with Gasteiger partial charge >= 0.3 is 0 Å². The molecule has 1 atom stereocenters. The molecule has 1 aliphatic heterocycles. The Bertz CT molecular complexity index is 253. The zero-order chi connectivity index (χ0) is 13.4. The fourth-order valence-electron chi connectivity index (χ4n) is 1.83. The number of ether oxygens (including phenoxy) is 1. The van der Waals surface area contributed by atoms with E-state index in [-0.39, 0.29) is 12.5 Å². The first-order chi connectivity index (χ1) is 8.53. The second-order valence-corrected chi connectivity index (χ2v) is 5.04. The van der Waals surface area contributed by atoms with Gasteiger partial charge in [0.1, 0.15) is 0 Å². The van der Waals surface area contributed by atoms with Crippen LogP contribution in [0.3, 0.4) is 0 Å². The van der Waals surface area contributed by atoms with E-state index in [2.05, 4.69) is 15.5 Å². The van der Waals surface area contributed by atoms with Crippen molar-refractivity contribution in [1.29, 1.82) is 0 Å². The molecular weight excluding hydrogens is 234 g/mol. The fraction of sp³-hybridized carbons (Fsp3) is 0.917. The van der Waals surface area contributed by atoms with E-state index in [0.29, 0.717) is 19.6 Å². The van der Waals surface area contributed by atoms with Crippen molar-refractivity contribution in [3.05, 3.63) is 0 Å². The molecule has 6 nitrogen and oxygen atoms in total. The molecule has 0 aromatic carbocycles. The number of nitrogens with zero attached hydrogens (tertiary/aromatic N) is 1. The predicted molar refractivity (Wildman–Crippen MR) is 69.4 cm³/mol. The van der Waals surface area contributed by atoms with E-state index in [0.717, 1.165) is 26.2 Å². The summed E-state index contributed by atoms with van der Waals surface area (Å²) in [6, 6.07) is 0. The number of carbonyl (C=O) groups is 1. The van der Waals surface area contributed by atoms with Crippen LogP contribution >= 0.6 is 0 Å². The molecule has 1 rings (SSSR count). The van der Waals surface area contributed by atoms with Gasteiger partial charge < -0.3 is 20.5 Å². The number of hydrogen-bond acceptors (Lipinski definition) is 5. The predicted octanol–water partition coefficient (Wildman–Crippen LogP) is -1.20. The summed E-state index contributed by atoms with van der Waals surface area (Å²) in [6.45, 7) is 6.51. The molecule has 0 bridgehead atoms. The van der Waals surface area contributed by atoms with Crippen LogP contribution in [0.4, 0.5) is 0 Å². The highest BCUT2D eigenvalue weighted by molar-refractivity contribution is 5.78. The Morgan fingerprint density at radius 1 is 1.50 bits per heavy atom. The number of hydrogen-bond donors (Lipinski definition) is 3. The van der Waals surface area contributed by atoms with Crippen molar-refractivity contribution in [2.45, 2.75) is 18.9 Å². The van der Waals surface area contributed by atoms with Gasteiger partial charge in [-0.3, -0.25) is 9.69 Å². The van der Waals surface area contributed by atoms with Gasteiger partial charge in [-0.2, -0.15) is 0 Å². The highest BCUT2D eigenvalue weighted by Gasteiger charge is 2.21. The molecule has 1 heterocycles. The number of carbonyl (C=O) groups excluding carboxylic acids is 1. The van der Waals surface area contributed by atoms with Crippen LogP contribution < -0.4 is 10.6 Å². The summed E-state index contributed by atoms with van der Waals surface area (Å²) in [7, 11) is 1.60. The number of nitrogens with one attached hydrogen (secondary N) is 2. The molecule has 1 fully saturated rings. The Labute approximate surface area is 109 Å². The van der Waals surface area contributed by atoms with Crippen molar-refractivity contribution in [2.24, 2.45) is 0 Å². The fourth-order valence-corrected chi connectivity index (χ4v) is 1.83. The van der Waals surface area contributed by atoms with Gasteiger partial charge in [0.25, 0.3) is 0 Å². The number of piperazine rings is 1. The van der Waals surface area contributed by atoms with Crippen molar-refractivity contribution in [3.63, 3.8) is 0 Å². The maximum Gasteiger partial charge on any atom is 0.234 e. The van der Waals surface area contributed by atoms with Crippen LogP contribution in [0.5, 0.6) is 0 Å². The number of aliphatic hydroxyl groups is 1. The SMILES string of the molecule is COCCC(C)(O)CNC(=O)CN1CCNCC1. The van der Waals surface area contributed by atoms with Crippen LogP contribution in [0.1, 0.15) is 13.3 Å². The van der Waals surface area contributed by atoms with E-state index < -0.39 is 5.60 Å². The van der Waals surface area contributed by atoms with Crippen LogP contribution in [0.25, 0.3) is 0 Å². The maximum absolute atomic E-state index is 11.7. The molecule has 1 saturated heterocycles. The molecule has 0 aromatic rings. The summed E-state index contributed by atoms with van der Waals surface area (Å²) >= 11 is 0. The van der Waals surface area contributed by atoms with Gasteiger partial charge in [-0.15, -0.1) is 0 Å². The molecule has 1 amide bonds. The summed E-state index contributed by atoms with van der Waals surface area (Å²) in [5, 5.41) is 16.0. The normalized spacial score (nSPS) is 20.4. The maximum atomic E-state index is 11.7. The lowest BCUT2D eigenvalue weighted by Crippen LogP contribution is -2.49. The van der Waals surface area contributed by atoms with E-state index in [9.17, 15) is 9.90 Å². The minimum absolute atomic E-state index is 0.0328. The Balaban J connectivity index is 2.19. The molecular formula is C12H25N3O3. The first-order valence-electron chi connectivity index (χ1n) is 6.44. The lowest BCUT2D eigenvalue weighted by Gasteiger charge is -2.28. The second kappa shape index (κ2) is 7.68. The average molecular weight is 259 g/mol. The standard InChI is InChI=1S/C12H25N3O3/c1-12(17,3-8-18-2)10-14-11(16)9-15-6-4-13-5-7-15/h13,17H,3-10H2,1-2H3,(H,14,16). The Morgan fingerprint density at radius 3 is 2.78 bits per heavy atom. The molecule has 0 aliphatic carbocycles. The smallest absolute Gasteiger partial charge is 0.234 e. The van der Waals surface area contributed by atoms with E-state index in [1.807, 2.05) is 0 Å². The largest absolute Gasteiger partial charge is 0.388 e. The molecule has 18 heavy (non-hydrogen) atoms. The third-order valence-electron chi connectivity index (χ3n) is 3.09. The third-order valence-corrected chi connectivity index (χ3v) is 3.09. The number of rotatable bonds is 7. The molecule has 1 aliphatic rings. The summed E-state index contributed by atoms with van der Waals surface area (Å²) in [4.78, 5) is 13.8. The van der Waals surface area contributed by atoms with Gasteiger partial charge in [-0.1, -0.05) is 0 Å². The molecule has 0 radical (unpaired) electrons. The van der Waals surface area contributed by atoms with Crippen LogP contribution in [-0.2, 0) is 9.53 Å². The van der Waals surface area contributed by atoms with E-state index in [1.54, 1.807) is 14.0 Å². The monoisotopic (exact) mass is 259 g/mol. The molecule has 1 unspecified atom stereocenters. The zero-order valence-electron chi connectivity index (χ0n) is 11.4. The summed E-state index contributed by atoms with van der Waals surface area (Å²) in [6.07, 6.45) is 0.511. The van der Waals surface area contributed by atoms with E-state index in [1.165, 1.54) is 0 Å². The molecule has 0 aromatic heterocycles. The van der Waals surface area contributed by atoms with Gasteiger partial charge in [-0.25, -0.2) is 0 Å². The molecule has 106 valence electrons. The van der Waals surface area contributed by atoms with Crippen LogP contribution in [0, 0.1) is 0 Å². The van der Waals surface area contributed by atoms with Crippen LogP contribution in [0.2, 0.25) is 0 Å². The second-order valence-electron chi connectivity index (χ2n) is 5.04. The number of amides is 1. The first-order valence-corrected chi connectivity index (χ1v) is 6.44. The van der Waals surface area contributed by atoms with E-state index >= 15 is 0 Å². The van der Waals surface area contributed by atoms with Crippen LogP contribution in [-0.4, -0.2) is 74.5 Å². The molecule has 0 spiro atoms. The van der Waals surface area contributed by atoms with E-state index in [4.69, 9.17) is 4.74 Å². The molecule has 6 heteroatoms. The van der Waals surface area contributed by atoms with Crippen molar-refractivity contribution >= 4 is 5.91 Å². The van der Waals surface area contributed by atoms with Crippen molar-refractivity contribution in [2.75, 3.05) is 53.0 Å². The molecule has 3 N–H and O–H groups in total. The first kappa shape index (κ1) is 15.4. The Hall–Kier alpha value is -0.690. The topological polar surface area (TPSA) is 73.8 Å². The summed E-state index contributed by atoms with van der Waals surface area (Å²) in [5.41, 5.74) is -0.908. The van der Waals surface area contributed by atoms with Crippen molar-refractivity contribution in [3.8, 4) is 0 Å². The average Bonchev–Trinajstić information content (AvgIpc) is 2.36. The van der Waals surface area contributed by atoms with Gasteiger partial charge in [0, 0.05) is 52.9 Å². The van der Waals surface area contributed by atoms with Crippen LogP contribution in [0.15, 0.2) is 0 Å². The highest BCUT2D eigenvalue weighted by atomic mass is 16.5. The summed E-state index contributed by atoms with van der Waals surface area (Å²) < 4.78 is 4.92. The Kier molecular flexibility index (Phi) is 6.56. The minimum Gasteiger partial charge on any atom is -0.388 e. The van der Waals surface area contributed by atoms with Gasteiger partial charge in [-0.05, 0) is 6.92 Å². The van der Waals surface area contributed by atoms with Crippen molar-refractivity contribution < 1.29 is 14.6 Å². The van der Waals surface area contributed by atoms with Gasteiger partial charge in [0.15, 0.2) is 0 Å². The number of methoxy groups -OCH3 is 1. The lowest BCUT2D eigenvalue weighted by atomic mass is 10.0. The van der Waals surface area contributed by atoms with Crippen molar-refractivity contribution in [1.82, 2.24) is 15.5 Å².